The van der Waals surface area contributed by atoms with E-state index < -0.39 is 5.60 Å². The van der Waals surface area contributed by atoms with Crippen molar-refractivity contribution in [1.82, 2.24) is 0 Å². The van der Waals surface area contributed by atoms with E-state index in [1.54, 1.807) is 13.8 Å². The summed E-state index contributed by atoms with van der Waals surface area (Å²) in [6.45, 7) is 5.46. The summed E-state index contributed by atoms with van der Waals surface area (Å²) in [7, 11) is 0. The van der Waals surface area contributed by atoms with Crippen LogP contribution in [0.3, 0.4) is 0 Å². The van der Waals surface area contributed by atoms with Gasteiger partial charge in [-0.1, -0.05) is 37.3 Å². The standard InChI is InChI=1S/C14H20O2/c1-11(9-10-14(2,3)16)13(15)12-7-5-4-6-8-12/h4-8,11,16H,9-10H2,1-3H3. The van der Waals surface area contributed by atoms with Crippen LogP contribution in [0.25, 0.3) is 0 Å². The minimum absolute atomic E-state index is 0.0335. The van der Waals surface area contributed by atoms with Gasteiger partial charge in [-0.05, 0) is 26.7 Å². The molecule has 0 amide bonds. The zero-order valence-electron chi connectivity index (χ0n) is 10.2. The summed E-state index contributed by atoms with van der Waals surface area (Å²) in [5.74, 6) is 0.124. The van der Waals surface area contributed by atoms with E-state index in [4.69, 9.17) is 0 Å². The zero-order chi connectivity index (χ0) is 12.2. The van der Waals surface area contributed by atoms with Gasteiger partial charge in [-0.25, -0.2) is 0 Å². The van der Waals surface area contributed by atoms with E-state index >= 15 is 0 Å². The van der Waals surface area contributed by atoms with E-state index in [1.165, 1.54) is 0 Å². The Morgan fingerprint density at radius 3 is 2.38 bits per heavy atom. The number of rotatable bonds is 5. The van der Waals surface area contributed by atoms with Crippen LogP contribution in [-0.4, -0.2) is 16.5 Å². The average molecular weight is 220 g/mol. The minimum atomic E-state index is -0.689. The molecule has 1 aromatic carbocycles. The number of carbonyl (C=O) groups is 1. The first-order chi connectivity index (χ1) is 7.40. The molecule has 0 bridgehead atoms. The molecular formula is C14H20O2. The van der Waals surface area contributed by atoms with E-state index in [1.807, 2.05) is 37.3 Å². The lowest BCUT2D eigenvalue weighted by atomic mass is 9.91. The molecule has 1 aromatic rings. The number of carbonyl (C=O) groups excluding carboxylic acids is 1. The van der Waals surface area contributed by atoms with Crippen LogP contribution >= 0.6 is 0 Å². The molecule has 1 rings (SSSR count). The Morgan fingerprint density at radius 2 is 1.88 bits per heavy atom. The third-order valence-corrected chi connectivity index (χ3v) is 2.70. The quantitative estimate of drug-likeness (QED) is 0.774. The highest BCUT2D eigenvalue weighted by Gasteiger charge is 2.19. The fourth-order valence-corrected chi connectivity index (χ4v) is 1.59. The maximum absolute atomic E-state index is 12.0. The van der Waals surface area contributed by atoms with Gasteiger partial charge in [0, 0.05) is 11.5 Å². The summed E-state index contributed by atoms with van der Waals surface area (Å²) in [5.41, 5.74) is 0.0661. The number of benzene rings is 1. The van der Waals surface area contributed by atoms with Gasteiger partial charge in [0.05, 0.1) is 5.60 Å². The van der Waals surface area contributed by atoms with Crippen LogP contribution in [0.15, 0.2) is 30.3 Å². The van der Waals surface area contributed by atoms with Gasteiger partial charge in [-0.2, -0.15) is 0 Å². The molecule has 1 atom stereocenters. The van der Waals surface area contributed by atoms with Gasteiger partial charge in [0.15, 0.2) is 5.78 Å². The summed E-state index contributed by atoms with van der Waals surface area (Å²) in [6.07, 6.45) is 1.37. The molecule has 0 heterocycles. The lowest BCUT2D eigenvalue weighted by Crippen LogP contribution is -2.21. The summed E-state index contributed by atoms with van der Waals surface area (Å²) in [4.78, 5) is 12.0. The second-order valence-corrected chi connectivity index (χ2v) is 4.98. The van der Waals surface area contributed by atoms with E-state index in [-0.39, 0.29) is 11.7 Å². The van der Waals surface area contributed by atoms with Crippen LogP contribution in [0.2, 0.25) is 0 Å². The topological polar surface area (TPSA) is 37.3 Å². The van der Waals surface area contributed by atoms with Crippen molar-refractivity contribution in [3.05, 3.63) is 35.9 Å². The minimum Gasteiger partial charge on any atom is -0.390 e. The second kappa shape index (κ2) is 5.26. The highest BCUT2D eigenvalue weighted by atomic mass is 16.3. The van der Waals surface area contributed by atoms with Gasteiger partial charge in [0.25, 0.3) is 0 Å². The monoisotopic (exact) mass is 220 g/mol. The molecule has 0 aliphatic carbocycles. The predicted molar refractivity (Wildman–Crippen MR) is 65.5 cm³/mol. The highest BCUT2D eigenvalue weighted by Crippen LogP contribution is 2.19. The summed E-state index contributed by atoms with van der Waals surface area (Å²) in [5, 5.41) is 9.61. The number of hydrogen-bond acceptors (Lipinski definition) is 2. The molecule has 0 saturated heterocycles. The third-order valence-electron chi connectivity index (χ3n) is 2.70. The Morgan fingerprint density at radius 1 is 1.31 bits per heavy atom. The smallest absolute Gasteiger partial charge is 0.165 e. The molecule has 0 saturated carbocycles. The van der Waals surface area contributed by atoms with Crippen molar-refractivity contribution in [3.63, 3.8) is 0 Å². The van der Waals surface area contributed by atoms with Crippen molar-refractivity contribution in [2.24, 2.45) is 5.92 Å². The van der Waals surface area contributed by atoms with E-state index in [0.717, 1.165) is 12.0 Å². The van der Waals surface area contributed by atoms with Crippen molar-refractivity contribution >= 4 is 5.78 Å². The maximum Gasteiger partial charge on any atom is 0.165 e. The molecule has 2 nitrogen and oxygen atoms in total. The van der Waals surface area contributed by atoms with Gasteiger partial charge >= 0.3 is 0 Å². The highest BCUT2D eigenvalue weighted by molar-refractivity contribution is 5.97. The molecule has 0 spiro atoms. The largest absolute Gasteiger partial charge is 0.390 e. The van der Waals surface area contributed by atoms with Gasteiger partial charge in [-0.15, -0.1) is 0 Å². The normalized spacial score (nSPS) is 13.5. The van der Waals surface area contributed by atoms with Crippen LogP contribution in [-0.2, 0) is 0 Å². The summed E-state index contributed by atoms with van der Waals surface area (Å²) in [6, 6.07) is 9.32. The molecule has 0 fully saturated rings. The van der Waals surface area contributed by atoms with E-state index in [0.29, 0.717) is 6.42 Å². The lowest BCUT2D eigenvalue weighted by molar-refractivity contribution is 0.0620. The second-order valence-electron chi connectivity index (χ2n) is 4.98. The van der Waals surface area contributed by atoms with Crippen LogP contribution in [0, 0.1) is 5.92 Å². The Bertz CT molecular complexity index is 336. The Kier molecular flexibility index (Phi) is 4.25. The first kappa shape index (κ1) is 12.9. The van der Waals surface area contributed by atoms with E-state index in [2.05, 4.69) is 0 Å². The molecule has 88 valence electrons. The van der Waals surface area contributed by atoms with E-state index in [9.17, 15) is 9.90 Å². The molecule has 1 unspecified atom stereocenters. The molecule has 2 heteroatoms. The van der Waals surface area contributed by atoms with Gasteiger partial charge in [0.2, 0.25) is 0 Å². The van der Waals surface area contributed by atoms with Crippen LogP contribution < -0.4 is 0 Å². The Hall–Kier alpha value is -1.15. The van der Waals surface area contributed by atoms with Crippen LogP contribution in [0.5, 0.6) is 0 Å². The zero-order valence-corrected chi connectivity index (χ0v) is 10.2. The summed E-state index contributed by atoms with van der Waals surface area (Å²) < 4.78 is 0. The van der Waals surface area contributed by atoms with Gasteiger partial charge < -0.3 is 5.11 Å². The maximum atomic E-state index is 12.0. The SMILES string of the molecule is CC(CCC(C)(C)O)C(=O)c1ccccc1. The fraction of sp³-hybridized carbons (Fsp3) is 0.500. The van der Waals surface area contributed by atoms with Crippen molar-refractivity contribution < 1.29 is 9.90 Å². The molecule has 1 N–H and O–H groups in total. The fourth-order valence-electron chi connectivity index (χ4n) is 1.59. The molecule has 0 aliphatic rings. The molecule has 0 aliphatic heterocycles. The first-order valence-electron chi connectivity index (χ1n) is 5.72. The number of ketones is 1. The predicted octanol–water partition coefficient (Wildman–Crippen LogP) is 3.06. The number of hydrogen-bond donors (Lipinski definition) is 1. The molecular weight excluding hydrogens is 200 g/mol. The number of Topliss-reactive ketones (excluding diaryl/α,β-unsaturated/α-hetero) is 1. The first-order valence-corrected chi connectivity index (χ1v) is 5.72. The van der Waals surface area contributed by atoms with Crippen molar-refractivity contribution in [2.45, 2.75) is 39.2 Å². The number of aliphatic hydroxyl groups is 1. The molecule has 0 aromatic heterocycles. The average Bonchev–Trinajstić information content (AvgIpc) is 2.25. The lowest BCUT2D eigenvalue weighted by Gasteiger charge is -2.19. The molecule has 16 heavy (non-hydrogen) atoms. The van der Waals surface area contributed by atoms with Crippen molar-refractivity contribution in [1.29, 1.82) is 0 Å². The van der Waals surface area contributed by atoms with Crippen molar-refractivity contribution in [3.8, 4) is 0 Å². The van der Waals surface area contributed by atoms with Crippen LogP contribution in [0.4, 0.5) is 0 Å². The van der Waals surface area contributed by atoms with Gasteiger partial charge in [-0.3, -0.25) is 4.79 Å². The Balaban J connectivity index is 2.55. The molecule has 0 radical (unpaired) electrons. The van der Waals surface area contributed by atoms with Gasteiger partial charge in [0.1, 0.15) is 0 Å². The summed E-state index contributed by atoms with van der Waals surface area (Å²) >= 11 is 0. The van der Waals surface area contributed by atoms with Crippen molar-refractivity contribution in [2.75, 3.05) is 0 Å². The Labute approximate surface area is 97.3 Å². The third kappa shape index (κ3) is 4.15. The van der Waals surface area contributed by atoms with Crippen LogP contribution in [0.1, 0.15) is 44.0 Å².